The molecular weight excluding hydrogens is 590 g/mol. The van der Waals surface area contributed by atoms with Crippen molar-refractivity contribution in [3.05, 3.63) is 0 Å². The molecule has 0 amide bonds. The molecule has 16 nitrogen and oxygen atoms in total. The summed E-state index contributed by atoms with van der Waals surface area (Å²) in [6.07, 6.45) is 1.31. The fourth-order valence-electron chi connectivity index (χ4n) is 8.23. The molecule has 0 spiro atoms. The molecule has 6 aliphatic rings. The van der Waals surface area contributed by atoms with Crippen LogP contribution in [0.5, 0.6) is 0 Å². The van der Waals surface area contributed by atoms with Gasteiger partial charge in [-0.3, -0.25) is 45.6 Å². The molecule has 230 valence electrons. The van der Waals surface area contributed by atoms with Gasteiger partial charge in [0.25, 0.3) is 20.2 Å². The van der Waals surface area contributed by atoms with E-state index >= 15 is 0 Å². The van der Waals surface area contributed by atoms with Gasteiger partial charge < -0.3 is 0 Å². The van der Waals surface area contributed by atoms with E-state index in [9.17, 15) is 38.9 Å². The summed E-state index contributed by atoms with van der Waals surface area (Å²) in [4.78, 5) is 0. The highest BCUT2D eigenvalue weighted by Crippen LogP contribution is 2.48. The number of nitrogens with one attached hydrogen (secondary N) is 6. The predicted molar refractivity (Wildman–Crippen MR) is 142 cm³/mol. The summed E-state index contributed by atoms with van der Waals surface area (Å²) in [5, 5.41) is 16.7. The van der Waals surface area contributed by atoms with Gasteiger partial charge in [-0.1, -0.05) is 12.8 Å². The first-order valence-electron chi connectivity index (χ1n) is 13.9. The van der Waals surface area contributed by atoms with Crippen LogP contribution in [0.4, 0.5) is 0 Å². The Kier molecular flexibility index (Phi) is 7.80. The lowest BCUT2D eigenvalue weighted by molar-refractivity contribution is 0.190. The normalized spacial score (nSPS) is 46.9. The van der Waals surface area contributed by atoms with Gasteiger partial charge in [-0.25, -0.2) is 0 Å². The second kappa shape index (κ2) is 10.6. The Morgan fingerprint density at radius 2 is 1.18 bits per heavy atom. The van der Waals surface area contributed by atoms with Crippen molar-refractivity contribution in [2.75, 3.05) is 0 Å². The maximum atomic E-state index is 13.0. The summed E-state index contributed by atoms with van der Waals surface area (Å²) in [7, 11) is -14.5. The third-order valence-electron chi connectivity index (χ3n) is 9.72. The van der Waals surface area contributed by atoms with Crippen LogP contribution in [0.1, 0.15) is 57.8 Å². The Hall–Kier alpha value is -0.550. The molecule has 40 heavy (non-hydrogen) atoms. The average molecular weight is 630 g/mol. The zero-order valence-electron chi connectivity index (χ0n) is 21.8. The number of nitrogens with zero attached hydrogens (tertiary/aromatic N) is 1. The Labute approximate surface area is 234 Å². The van der Waals surface area contributed by atoms with Crippen molar-refractivity contribution < 1.29 is 38.9 Å². The lowest BCUT2D eigenvalue weighted by Gasteiger charge is -2.37. The molecule has 5 heterocycles. The summed E-state index contributed by atoms with van der Waals surface area (Å²) in [5.74, 6) is -0.994. The van der Waals surface area contributed by atoms with E-state index in [1.807, 2.05) is 0 Å². The number of hydrogen-bond donors (Lipinski definition) is 9. The molecule has 5 saturated heterocycles. The molecule has 0 aromatic carbocycles. The molecule has 0 radical (unpaired) electrons. The molecule has 9 N–H and O–H groups in total. The van der Waals surface area contributed by atoms with Gasteiger partial charge in [0.15, 0.2) is 0 Å². The molecule has 0 aromatic heterocycles. The van der Waals surface area contributed by atoms with Crippen LogP contribution in [0.15, 0.2) is 0 Å². The SMILES string of the molecule is O=S(=O)(O)C1CC2NC3CCC(N3)NC3CCC(N3)C(S(=O)(=O)O)C3C4CCCCC4C(NC1N2)N3S(=O)(=O)O. The van der Waals surface area contributed by atoms with Crippen LogP contribution >= 0.6 is 0 Å². The van der Waals surface area contributed by atoms with E-state index < -0.39 is 83.5 Å². The van der Waals surface area contributed by atoms with Crippen molar-refractivity contribution in [3.8, 4) is 0 Å². The first-order valence-corrected chi connectivity index (χ1v) is 18.4. The Bertz CT molecular complexity index is 1300. The smallest absolute Gasteiger partial charge is 0.298 e. The van der Waals surface area contributed by atoms with E-state index in [1.165, 1.54) is 0 Å². The van der Waals surface area contributed by atoms with Crippen LogP contribution in [-0.4, -0.2) is 103 Å². The maximum absolute atomic E-state index is 13.0. The maximum Gasteiger partial charge on any atom is 0.337 e. The minimum Gasteiger partial charge on any atom is -0.298 e. The largest absolute Gasteiger partial charge is 0.337 e. The standard InChI is InChI=1S/C21H39N7O9S3/c29-38(30,31)13-9-17-25-16-8-7-15(24-16)23-14-6-5-12(22-14)19(39(32,33)34)18-10-3-1-2-4-11(10)21(27-20(13)26-17)28(18)40(35,36)37/h10-27H,1-9H2,(H,29,30,31)(H,32,33,34)(H,35,36,37). The van der Waals surface area contributed by atoms with E-state index in [0.717, 1.165) is 23.6 Å². The Balaban J connectivity index is 1.45. The van der Waals surface area contributed by atoms with Crippen molar-refractivity contribution in [3.63, 3.8) is 0 Å². The Morgan fingerprint density at radius 1 is 0.600 bits per heavy atom. The van der Waals surface area contributed by atoms with Gasteiger partial charge >= 0.3 is 10.3 Å². The highest BCUT2D eigenvalue weighted by atomic mass is 32.2. The second-order valence-electron chi connectivity index (χ2n) is 12.1. The minimum atomic E-state index is -5.04. The Morgan fingerprint density at radius 3 is 1.77 bits per heavy atom. The third kappa shape index (κ3) is 5.58. The fourth-order valence-corrected chi connectivity index (χ4v) is 11.7. The van der Waals surface area contributed by atoms with Gasteiger partial charge in [-0.15, -0.1) is 0 Å². The summed E-state index contributed by atoms with van der Waals surface area (Å²) in [5.41, 5.74) is 0. The van der Waals surface area contributed by atoms with Gasteiger partial charge in [-0.2, -0.15) is 29.6 Å². The van der Waals surface area contributed by atoms with Crippen LogP contribution in [0.2, 0.25) is 0 Å². The van der Waals surface area contributed by atoms with Crippen LogP contribution < -0.4 is 31.9 Å². The van der Waals surface area contributed by atoms with E-state index in [-0.39, 0.29) is 24.9 Å². The summed E-state index contributed by atoms with van der Waals surface area (Å²) in [6, 6.07) is -2.10. The number of hydrogen-bond acceptors (Lipinski definition) is 12. The molecule has 8 bridgehead atoms. The lowest BCUT2D eigenvalue weighted by Crippen LogP contribution is -2.63. The van der Waals surface area contributed by atoms with Crippen molar-refractivity contribution in [2.45, 2.75) is 117 Å². The van der Waals surface area contributed by atoms with Crippen molar-refractivity contribution in [1.29, 1.82) is 0 Å². The van der Waals surface area contributed by atoms with Gasteiger partial charge in [0.2, 0.25) is 0 Å². The predicted octanol–water partition coefficient (Wildman–Crippen LogP) is -2.34. The summed E-state index contributed by atoms with van der Waals surface area (Å²) >= 11 is 0. The van der Waals surface area contributed by atoms with E-state index in [1.54, 1.807) is 0 Å². The van der Waals surface area contributed by atoms with Gasteiger partial charge in [0.05, 0.1) is 43.0 Å². The molecule has 6 fully saturated rings. The fraction of sp³-hybridized carbons (Fsp3) is 1.00. The molecule has 6 rings (SSSR count). The van der Waals surface area contributed by atoms with Crippen molar-refractivity contribution in [1.82, 2.24) is 36.2 Å². The van der Waals surface area contributed by atoms with Crippen LogP contribution in [0, 0.1) is 11.8 Å². The average Bonchev–Trinajstić information content (AvgIpc) is 3.61. The lowest BCUT2D eigenvalue weighted by atomic mass is 9.76. The number of fused-ring (bicyclic) bond motifs is 11. The molecule has 19 heteroatoms. The highest BCUT2D eigenvalue weighted by Gasteiger charge is 2.61. The minimum absolute atomic E-state index is 0.0111. The number of rotatable bonds is 3. The van der Waals surface area contributed by atoms with Gasteiger partial charge in [-0.05, 0) is 56.8 Å². The monoisotopic (exact) mass is 629 g/mol. The molecule has 12 unspecified atom stereocenters. The molecule has 1 aliphatic carbocycles. The first-order chi connectivity index (χ1) is 18.7. The molecule has 5 aliphatic heterocycles. The molecule has 12 atom stereocenters. The zero-order chi connectivity index (χ0) is 28.6. The second-order valence-corrected chi connectivity index (χ2v) is 16.6. The van der Waals surface area contributed by atoms with Crippen molar-refractivity contribution >= 4 is 30.5 Å². The summed E-state index contributed by atoms with van der Waals surface area (Å²) in [6.45, 7) is 0. The first kappa shape index (κ1) is 29.5. The van der Waals surface area contributed by atoms with E-state index in [4.69, 9.17) is 0 Å². The van der Waals surface area contributed by atoms with Gasteiger partial charge in [0, 0.05) is 6.04 Å². The molecule has 1 saturated carbocycles. The van der Waals surface area contributed by atoms with Crippen LogP contribution in [0.25, 0.3) is 0 Å². The molecular formula is C21H39N7O9S3. The zero-order valence-corrected chi connectivity index (χ0v) is 24.2. The van der Waals surface area contributed by atoms with Crippen LogP contribution in [0.3, 0.4) is 0 Å². The summed E-state index contributed by atoms with van der Waals surface area (Å²) < 4.78 is 109. The van der Waals surface area contributed by atoms with E-state index in [2.05, 4.69) is 31.9 Å². The highest BCUT2D eigenvalue weighted by molar-refractivity contribution is 7.87. The third-order valence-corrected chi connectivity index (χ3v) is 13.2. The quantitative estimate of drug-likeness (QED) is 0.149. The molecule has 0 aromatic rings. The van der Waals surface area contributed by atoms with Gasteiger partial charge in [0.1, 0.15) is 10.5 Å². The topological polar surface area (TPSA) is 239 Å². The van der Waals surface area contributed by atoms with Crippen molar-refractivity contribution in [2.24, 2.45) is 11.8 Å². The van der Waals surface area contributed by atoms with Crippen LogP contribution in [-0.2, 0) is 30.5 Å². The van der Waals surface area contributed by atoms with E-state index in [0.29, 0.717) is 32.1 Å².